The summed E-state index contributed by atoms with van der Waals surface area (Å²) in [5.41, 5.74) is 0. The summed E-state index contributed by atoms with van der Waals surface area (Å²) in [5, 5.41) is 0. The van der Waals surface area contributed by atoms with Crippen molar-refractivity contribution in [1.82, 2.24) is 4.90 Å². The van der Waals surface area contributed by atoms with Crippen LogP contribution >= 0.6 is 0 Å². The van der Waals surface area contributed by atoms with Crippen molar-refractivity contribution in [2.45, 2.75) is 71.1 Å². The Labute approximate surface area is 136 Å². The second-order valence-corrected chi connectivity index (χ2v) is 5.85. The number of allylic oxidation sites excluding steroid dienone is 3. The normalized spacial score (nSPS) is 14.7. The largest absolute Gasteiger partial charge is 0.339 e. The maximum absolute atomic E-state index is 11.8. The highest BCUT2D eigenvalue weighted by molar-refractivity contribution is 5.87. The molecule has 0 atom stereocenters. The van der Waals surface area contributed by atoms with Gasteiger partial charge in [0.15, 0.2) is 0 Å². The highest BCUT2D eigenvalue weighted by Gasteiger charge is 2.14. The summed E-state index contributed by atoms with van der Waals surface area (Å²) in [5.74, 6) is 6.59. The number of carbonyl (C=O) groups is 1. The molecule has 0 aromatic heterocycles. The molecule has 0 aromatic carbocycles. The van der Waals surface area contributed by atoms with Crippen LogP contribution in [-0.4, -0.2) is 23.9 Å². The first-order valence-electron chi connectivity index (χ1n) is 8.90. The lowest BCUT2D eigenvalue weighted by Gasteiger charge is -2.11. The van der Waals surface area contributed by atoms with Gasteiger partial charge in [-0.3, -0.25) is 4.79 Å². The number of hydrogen-bond acceptors (Lipinski definition) is 1. The number of unbranched alkanes of at least 4 members (excludes halogenated alkanes) is 5. The van der Waals surface area contributed by atoms with Crippen LogP contribution < -0.4 is 0 Å². The fraction of sp³-hybridized carbons (Fsp3) is 0.650. The van der Waals surface area contributed by atoms with Gasteiger partial charge >= 0.3 is 0 Å². The Hall–Kier alpha value is -1.49. The summed E-state index contributed by atoms with van der Waals surface area (Å²) in [4.78, 5) is 13.7. The standard InChI is InChI=1S/C20H31NO/c1-2-3-4-5-6-7-8-9-10-11-12-13-14-17-20(22)21-18-15-16-19-21/h9-10,14,17H,2-5,8,11-13,15-16,18-19H2,1H3. The highest BCUT2D eigenvalue weighted by Crippen LogP contribution is 2.08. The molecule has 0 aromatic rings. The molecule has 22 heavy (non-hydrogen) atoms. The zero-order valence-electron chi connectivity index (χ0n) is 14.2. The predicted octanol–water partition coefficient (Wildman–Crippen LogP) is 4.87. The molecule has 1 rings (SSSR count). The quantitative estimate of drug-likeness (QED) is 0.258. The summed E-state index contributed by atoms with van der Waals surface area (Å²) in [6.07, 6.45) is 19.3. The van der Waals surface area contributed by atoms with E-state index in [0.29, 0.717) is 0 Å². The van der Waals surface area contributed by atoms with Crippen LogP contribution in [-0.2, 0) is 4.79 Å². The molecule has 0 aliphatic carbocycles. The molecule has 1 aliphatic heterocycles. The number of carbonyl (C=O) groups excluding carboxylic acids is 1. The van der Waals surface area contributed by atoms with Crippen LogP contribution in [0.2, 0.25) is 0 Å². The molecule has 0 N–H and O–H groups in total. The third kappa shape index (κ3) is 9.45. The summed E-state index contributed by atoms with van der Waals surface area (Å²) in [6, 6.07) is 0. The van der Waals surface area contributed by atoms with E-state index in [9.17, 15) is 4.79 Å². The summed E-state index contributed by atoms with van der Waals surface area (Å²) in [7, 11) is 0. The van der Waals surface area contributed by atoms with Crippen LogP contribution in [0.4, 0.5) is 0 Å². The average molecular weight is 301 g/mol. The number of rotatable bonds is 9. The van der Waals surface area contributed by atoms with Gasteiger partial charge in [-0.25, -0.2) is 0 Å². The molecular formula is C20H31NO. The lowest BCUT2D eigenvalue weighted by atomic mass is 10.2. The Morgan fingerprint density at radius 1 is 1.00 bits per heavy atom. The van der Waals surface area contributed by atoms with Gasteiger partial charge in [-0.15, -0.1) is 5.92 Å². The molecular weight excluding hydrogens is 270 g/mol. The third-order valence-electron chi connectivity index (χ3n) is 3.84. The second-order valence-electron chi connectivity index (χ2n) is 5.85. The van der Waals surface area contributed by atoms with E-state index in [1.165, 1.54) is 19.3 Å². The fourth-order valence-electron chi connectivity index (χ4n) is 2.46. The zero-order valence-corrected chi connectivity index (χ0v) is 14.2. The second kappa shape index (κ2) is 13.2. The lowest BCUT2D eigenvalue weighted by Crippen LogP contribution is -2.25. The maximum Gasteiger partial charge on any atom is 0.246 e. The first kappa shape index (κ1) is 18.6. The van der Waals surface area contributed by atoms with E-state index in [-0.39, 0.29) is 5.91 Å². The Kier molecular flexibility index (Phi) is 11.1. The Balaban J connectivity index is 1.96. The molecule has 0 radical (unpaired) electrons. The van der Waals surface area contributed by atoms with Gasteiger partial charge in [0.2, 0.25) is 5.91 Å². The molecule has 1 heterocycles. The van der Waals surface area contributed by atoms with Crippen LogP contribution in [0.5, 0.6) is 0 Å². The molecule has 122 valence electrons. The predicted molar refractivity (Wildman–Crippen MR) is 94.5 cm³/mol. The summed E-state index contributed by atoms with van der Waals surface area (Å²) < 4.78 is 0. The molecule has 0 saturated carbocycles. The van der Waals surface area contributed by atoms with Gasteiger partial charge in [0.1, 0.15) is 0 Å². The van der Waals surface area contributed by atoms with E-state index in [4.69, 9.17) is 0 Å². The molecule has 1 saturated heterocycles. The van der Waals surface area contributed by atoms with Crippen LogP contribution in [0.15, 0.2) is 24.3 Å². The zero-order chi connectivity index (χ0) is 15.9. The maximum atomic E-state index is 11.8. The molecule has 2 heteroatoms. The smallest absolute Gasteiger partial charge is 0.246 e. The number of likely N-dealkylation sites (tertiary alicyclic amines) is 1. The third-order valence-corrected chi connectivity index (χ3v) is 3.84. The monoisotopic (exact) mass is 301 g/mol. The molecule has 2 nitrogen and oxygen atoms in total. The number of amides is 1. The first-order valence-corrected chi connectivity index (χ1v) is 8.90. The van der Waals surface area contributed by atoms with Crippen molar-refractivity contribution in [3.8, 4) is 11.8 Å². The first-order chi connectivity index (χ1) is 10.8. The number of hydrogen-bond donors (Lipinski definition) is 0. The van der Waals surface area contributed by atoms with E-state index < -0.39 is 0 Å². The topological polar surface area (TPSA) is 20.3 Å². The lowest BCUT2D eigenvalue weighted by molar-refractivity contribution is -0.125. The van der Waals surface area contributed by atoms with Crippen molar-refractivity contribution in [2.24, 2.45) is 0 Å². The molecule has 1 fully saturated rings. The SMILES string of the molecule is CCCCCC#CCC=CCCCC=CC(=O)N1CCCC1. The van der Waals surface area contributed by atoms with Gasteiger partial charge < -0.3 is 4.90 Å². The molecule has 0 bridgehead atoms. The van der Waals surface area contributed by atoms with Crippen molar-refractivity contribution < 1.29 is 4.79 Å². The van der Waals surface area contributed by atoms with E-state index in [1.54, 1.807) is 6.08 Å². The Morgan fingerprint density at radius 2 is 1.77 bits per heavy atom. The van der Waals surface area contributed by atoms with Gasteiger partial charge in [-0.1, -0.05) is 43.9 Å². The van der Waals surface area contributed by atoms with E-state index >= 15 is 0 Å². The van der Waals surface area contributed by atoms with Gasteiger partial charge in [0, 0.05) is 25.9 Å². The fourth-order valence-corrected chi connectivity index (χ4v) is 2.46. The van der Waals surface area contributed by atoms with Crippen molar-refractivity contribution >= 4 is 5.91 Å². The van der Waals surface area contributed by atoms with Crippen LogP contribution in [0, 0.1) is 11.8 Å². The minimum Gasteiger partial charge on any atom is -0.339 e. The Bertz CT molecular complexity index is 405. The molecule has 0 spiro atoms. The van der Waals surface area contributed by atoms with Crippen molar-refractivity contribution in [3.05, 3.63) is 24.3 Å². The van der Waals surface area contributed by atoms with Crippen LogP contribution in [0.3, 0.4) is 0 Å². The minimum atomic E-state index is 0.186. The highest BCUT2D eigenvalue weighted by atomic mass is 16.2. The molecule has 0 unspecified atom stereocenters. The van der Waals surface area contributed by atoms with E-state index in [0.717, 1.165) is 58.0 Å². The van der Waals surface area contributed by atoms with Gasteiger partial charge in [0.05, 0.1) is 0 Å². The van der Waals surface area contributed by atoms with Crippen molar-refractivity contribution in [3.63, 3.8) is 0 Å². The van der Waals surface area contributed by atoms with Crippen molar-refractivity contribution in [2.75, 3.05) is 13.1 Å². The summed E-state index contributed by atoms with van der Waals surface area (Å²) in [6.45, 7) is 4.09. The molecule has 1 amide bonds. The van der Waals surface area contributed by atoms with Gasteiger partial charge in [-0.05, 0) is 44.6 Å². The van der Waals surface area contributed by atoms with Crippen molar-refractivity contribution in [1.29, 1.82) is 0 Å². The number of nitrogens with zero attached hydrogens (tertiary/aromatic N) is 1. The van der Waals surface area contributed by atoms with Crippen LogP contribution in [0.25, 0.3) is 0 Å². The van der Waals surface area contributed by atoms with Gasteiger partial charge in [0.25, 0.3) is 0 Å². The summed E-state index contributed by atoms with van der Waals surface area (Å²) >= 11 is 0. The van der Waals surface area contributed by atoms with E-state index in [1.807, 2.05) is 11.0 Å². The van der Waals surface area contributed by atoms with Crippen LogP contribution in [0.1, 0.15) is 71.1 Å². The van der Waals surface area contributed by atoms with E-state index in [2.05, 4.69) is 30.9 Å². The minimum absolute atomic E-state index is 0.186. The Morgan fingerprint density at radius 3 is 2.55 bits per heavy atom. The van der Waals surface area contributed by atoms with Gasteiger partial charge in [-0.2, -0.15) is 0 Å². The average Bonchev–Trinajstić information content (AvgIpc) is 3.06. The molecule has 1 aliphatic rings.